The fourth-order valence-electron chi connectivity index (χ4n) is 1.77. The number of hydrogen-bond acceptors (Lipinski definition) is 3. The van der Waals surface area contributed by atoms with Crippen molar-refractivity contribution in [1.29, 1.82) is 0 Å². The van der Waals surface area contributed by atoms with Gasteiger partial charge in [-0.25, -0.2) is 0 Å². The van der Waals surface area contributed by atoms with Crippen LogP contribution in [0.5, 0.6) is 0 Å². The third-order valence-corrected chi connectivity index (χ3v) is 2.38. The molecule has 1 unspecified atom stereocenters. The molecule has 0 radical (unpaired) electrons. The van der Waals surface area contributed by atoms with Gasteiger partial charge in [0.2, 0.25) is 0 Å². The maximum Gasteiger partial charge on any atom is 0.319 e. The summed E-state index contributed by atoms with van der Waals surface area (Å²) in [5.41, 5.74) is 6.19. The SMILES string of the molecule is CC(C)(C)OC(=O)C1C=C(N)n2cccc21. The highest BCUT2D eigenvalue weighted by Gasteiger charge is 2.31. The molecule has 4 nitrogen and oxygen atoms in total. The summed E-state index contributed by atoms with van der Waals surface area (Å²) in [7, 11) is 0. The molecule has 0 saturated carbocycles. The van der Waals surface area contributed by atoms with E-state index in [2.05, 4.69) is 0 Å². The van der Waals surface area contributed by atoms with Crippen molar-refractivity contribution in [1.82, 2.24) is 4.57 Å². The first-order chi connectivity index (χ1) is 7.38. The van der Waals surface area contributed by atoms with E-state index in [9.17, 15) is 4.79 Å². The Kier molecular flexibility index (Phi) is 2.30. The molecule has 0 amide bonds. The fourth-order valence-corrected chi connectivity index (χ4v) is 1.77. The lowest BCUT2D eigenvalue weighted by Crippen LogP contribution is -2.26. The molecule has 1 aromatic rings. The number of rotatable bonds is 1. The first kappa shape index (κ1) is 10.8. The number of aromatic nitrogens is 1. The van der Waals surface area contributed by atoms with Crippen molar-refractivity contribution in [3.8, 4) is 0 Å². The summed E-state index contributed by atoms with van der Waals surface area (Å²) in [6.45, 7) is 5.56. The van der Waals surface area contributed by atoms with Gasteiger partial charge in [0.15, 0.2) is 0 Å². The average Bonchev–Trinajstić information content (AvgIpc) is 2.66. The summed E-state index contributed by atoms with van der Waals surface area (Å²) in [5, 5.41) is 0. The van der Waals surface area contributed by atoms with Crippen LogP contribution in [-0.2, 0) is 9.53 Å². The molecule has 1 aromatic heterocycles. The number of esters is 1. The lowest BCUT2D eigenvalue weighted by atomic mass is 10.1. The maximum absolute atomic E-state index is 11.9. The molecular weight excluding hydrogens is 204 g/mol. The predicted octanol–water partition coefficient (Wildman–Crippen LogP) is 1.68. The van der Waals surface area contributed by atoms with Gasteiger partial charge < -0.3 is 15.0 Å². The first-order valence-corrected chi connectivity index (χ1v) is 5.26. The van der Waals surface area contributed by atoms with Gasteiger partial charge >= 0.3 is 5.97 Å². The molecule has 0 saturated heterocycles. The van der Waals surface area contributed by atoms with Gasteiger partial charge in [0, 0.05) is 11.9 Å². The van der Waals surface area contributed by atoms with Gasteiger partial charge in [-0.3, -0.25) is 4.79 Å². The minimum atomic E-state index is -0.473. The average molecular weight is 220 g/mol. The number of ether oxygens (including phenoxy) is 1. The molecule has 1 atom stereocenters. The Hall–Kier alpha value is -1.71. The molecule has 0 aliphatic carbocycles. The van der Waals surface area contributed by atoms with E-state index in [0.717, 1.165) is 5.69 Å². The van der Waals surface area contributed by atoms with E-state index in [1.807, 2.05) is 39.1 Å². The zero-order valence-electron chi connectivity index (χ0n) is 9.73. The molecule has 1 aliphatic rings. The van der Waals surface area contributed by atoms with Crippen LogP contribution in [0.15, 0.2) is 24.4 Å². The van der Waals surface area contributed by atoms with E-state index in [1.165, 1.54) is 0 Å². The normalized spacial score (nSPS) is 19.2. The van der Waals surface area contributed by atoms with E-state index < -0.39 is 5.60 Å². The monoisotopic (exact) mass is 220 g/mol. The smallest absolute Gasteiger partial charge is 0.319 e. The van der Waals surface area contributed by atoms with Crippen LogP contribution in [0.1, 0.15) is 32.4 Å². The van der Waals surface area contributed by atoms with Crippen molar-refractivity contribution in [2.24, 2.45) is 5.73 Å². The lowest BCUT2D eigenvalue weighted by molar-refractivity contribution is -0.155. The van der Waals surface area contributed by atoms with E-state index in [-0.39, 0.29) is 11.9 Å². The molecule has 4 heteroatoms. The highest BCUT2D eigenvalue weighted by Crippen LogP contribution is 2.30. The van der Waals surface area contributed by atoms with Crippen molar-refractivity contribution >= 4 is 11.8 Å². The second-order valence-electron chi connectivity index (χ2n) is 4.91. The van der Waals surface area contributed by atoms with Crippen LogP contribution in [0.2, 0.25) is 0 Å². The molecule has 2 N–H and O–H groups in total. The van der Waals surface area contributed by atoms with E-state index >= 15 is 0 Å². The fraction of sp³-hybridized carbons (Fsp3) is 0.417. The second-order valence-corrected chi connectivity index (χ2v) is 4.91. The highest BCUT2D eigenvalue weighted by atomic mass is 16.6. The zero-order valence-corrected chi connectivity index (χ0v) is 9.73. The molecular formula is C12H16N2O2. The standard InChI is InChI=1S/C12H16N2O2/c1-12(2,3)16-11(15)8-7-10(13)14-6-4-5-9(8)14/h4-8H,13H2,1-3H3. The Labute approximate surface area is 94.7 Å². The lowest BCUT2D eigenvalue weighted by Gasteiger charge is -2.21. The summed E-state index contributed by atoms with van der Waals surface area (Å²) < 4.78 is 7.14. The quantitative estimate of drug-likeness (QED) is 0.733. The van der Waals surface area contributed by atoms with Crippen molar-refractivity contribution in [2.75, 3.05) is 0 Å². The highest BCUT2D eigenvalue weighted by molar-refractivity contribution is 5.84. The van der Waals surface area contributed by atoms with E-state index in [1.54, 1.807) is 10.6 Å². The Bertz CT molecular complexity index is 452. The summed E-state index contributed by atoms with van der Waals surface area (Å²) in [5.74, 6) is -0.0574. The summed E-state index contributed by atoms with van der Waals surface area (Å²) in [4.78, 5) is 11.9. The summed E-state index contributed by atoms with van der Waals surface area (Å²) in [6, 6.07) is 3.75. The molecule has 0 fully saturated rings. The molecule has 16 heavy (non-hydrogen) atoms. The molecule has 86 valence electrons. The van der Waals surface area contributed by atoms with Crippen molar-refractivity contribution in [2.45, 2.75) is 32.3 Å². The Morgan fingerprint density at radius 3 is 2.81 bits per heavy atom. The number of nitrogens with two attached hydrogens (primary N) is 1. The molecule has 0 bridgehead atoms. The Balaban J connectivity index is 2.23. The minimum Gasteiger partial charge on any atom is -0.459 e. The van der Waals surface area contributed by atoms with Crippen molar-refractivity contribution in [3.63, 3.8) is 0 Å². The third kappa shape index (κ3) is 1.83. The van der Waals surface area contributed by atoms with Gasteiger partial charge in [0.05, 0.1) is 0 Å². The van der Waals surface area contributed by atoms with Crippen LogP contribution in [0, 0.1) is 0 Å². The van der Waals surface area contributed by atoms with E-state index in [0.29, 0.717) is 5.82 Å². The van der Waals surface area contributed by atoms with Gasteiger partial charge in [-0.05, 0) is 39.0 Å². The predicted molar refractivity (Wildman–Crippen MR) is 61.5 cm³/mol. The van der Waals surface area contributed by atoms with Gasteiger partial charge in [-0.15, -0.1) is 0 Å². The molecule has 1 aliphatic heterocycles. The van der Waals surface area contributed by atoms with Crippen LogP contribution in [0.3, 0.4) is 0 Å². The van der Waals surface area contributed by atoms with Crippen LogP contribution in [-0.4, -0.2) is 16.1 Å². The number of hydrogen-bond donors (Lipinski definition) is 1. The van der Waals surface area contributed by atoms with Crippen LogP contribution >= 0.6 is 0 Å². The molecule has 0 spiro atoms. The first-order valence-electron chi connectivity index (χ1n) is 5.26. The van der Waals surface area contributed by atoms with Crippen LogP contribution < -0.4 is 5.73 Å². The number of carbonyl (C=O) groups is 1. The van der Waals surface area contributed by atoms with Crippen LogP contribution in [0.25, 0.3) is 5.82 Å². The minimum absolute atomic E-state index is 0.257. The van der Waals surface area contributed by atoms with Gasteiger partial charge in [0.1, 0.15) is 17.3 Å². The third-order valence-electron chi connectivity index (χ3n) is 2.38. The summed E-state index contributed by atoms with van der Waals surface area (Å²) in [6.07, 6.45) is 3.56. The second kappa shape index (κ2) is 3.40. The Morgan fingerprint density at radius 1 is 1.50 bits per heavy atom. The molecule has 2 heterocycles. The van der Waals surface area contributed by atoms with Gasteiger partial charge in [0.25, 0.3) is 0 Å². The number of carbonyl (C=O) groups excluding carboxylic acids is 1. The number of nitrogens with zero attached hydrogens (tertiary/aromatic N) is 1. The topological polar surface area (TPSA) is 57.2 Å². The van der Waals surface area contributed by atoms with Gasteiger partial charge in [-0.2, -0.15) is 0 Å². The van der Waals surface area contributed by atoms with E-state index in [4.69, 9.17) is 10.5 Å². The van der Waals surface area contributed by atoms with Crippen molar-refractivity contribution in [3.05, 3.63) is 30.1 Å². The summed E-state index contributed by atoms with van der Waals surface area (Å²) >= 11 is 0. The number of fused-ring (bicyclic) bond motifs is 1. The van der Waals surface area contributed by atoms with Gasteiger partial charge in [-0.1, -0.05) is 0 Å². The molecule has 0 aromatic carbocycles. The Morgan fingerprint density at radius 2 is 2.19 bits per heavy atom. The van der Waals surface area contributed by atoms with Crippen LogP contribution in [0.4, 0.5) is 0 Å². The van der Waals surface area contributed by atoms with Crippen molar-refractivity contribution < 1.29 is 9.53 Å². The molecule has 2 rings (SSSR count). The zero-order chi connectivity index (χ0) is 11.9. The largest absolute Gasteiger partial charge is 0.459 e. The maximum atomic E-state index is 11.9.